The molecule has 7 heteroatoms. The monoisotopic (exact) mass is 387 g/mol. The number of nitro groups is 1. The summed E-state index contributed by atoms with van der Waals surface area (Å²) in [6, 6.07) is 12.0. The number of nitrogens with zero attached hydrogens (tertiary/aromatic N) is 2. The largest absolute Gasteiger partial charge is 0.338 e. The molecular formula is C17H14BrN3O3. The number of carbonyl (C=O) groups excluding carboxylic acids is 1. The quantitative estimate of drug-likeness (QED) is 0.536. The molecule has 1 aromatic heterocycles. The number of anilines is 1. The van der Waals surface area contributed by atoms with Gasteiger partial charge < -0.3 is 9.88 Å². The van der Waals surface area contributed by atoms with Crippen LogP contribution in [0.4, 0.5) is 11.4 Å². The lowest BCUT2D eigenvalue weighted by molar-refractivity contribution is -0.384. The van der Waals surface area contributed by atoms with Crippen LogP contribution in [0.2, 0.25) is 0 Å². The molecule has 0 saturated carbocycles. The number of aryl methyl sites for hydroxylation is 1. The number of halogens is 1. The van der Waals surface area contributed by atoms with E-state index in [2.05, 4.69) is 21.2 Å². The van der Waals surface area contributed by atoms with Crippen LogP contribution in [0.25, 0.3) is 10.9 Å². The number of carbonyl (C=O) groups is 1. The number of hydrogen-bond acceptors (Lipinski definition) is 3. The fraction of sp³-hybridized carbons (Fsp3) is 0.118. The highest BCUT2D eigenvalue weighted by molar-refractivity contribution is 9.10. The Labute approximate surface area is 146 Å². The van der Waals surface area contributed by atoms with Crippen LogP contribution in [-0.2, 0) is 11.3 Å². The molecule has 1 heterocycles. The van der Waals surface area contributed by atoms with Gasteiger partial charge in [0.2, 0.25) is 5.91 Å². The van der Waals surface area contributed by atoms with E-state index in [0.717, 1.165) is 20.9 Å². The summed E-state index contributed by atoms with van der Waals surface area (Å²) in [4.78, 5) is 22.6. The summed E-state index contributed by atoms with van der Waals surface area (Å²) in [5.41, 5.74) is 2.62. The zero-order valence-electron chi connectivity index (χ0n) is 12.8. The highest BCUT2D eigenvalue weighted by Crippen LogP contribution is 2.23. The summed E-state index contributed by atoms with van der Waals surface area (Å²) in [7, 11) is 0. The molecular weight excluding hydrogens is 374 g/mol. The molecule has 0 aliphatic rings. The molecule has 1 amide bonds. The Morgan fingerprint density at radius 3 is 2.75 bits per heavy atom. The molecule has 2 aromatic carbocycles. The highest BCUT2D eigenvalue weighted by Gasteiger charge is 2.11. The van der Waals surface area contributed by atoms with Crippen molar-refractivity contribution < 1.29 is 9.72 Å². The van der Waals surface area contributed by atoms with E-state index in [0.29, 0.717) is 5.69 Å². The van der Waals surface area contributed by atoms with Crippen LogP contribution < -0.4 is 5.32 Å². The van der Waals surface area contributed by atoms with Gasteiger partial charge in [0.25, 0.3) is 5.69 Å². The van der Waals surface area contributed by atoms with Gasteiger partial charge in [-0.15, -0.1) is 0 Å². The van der Waals surface area contributed by atoms with E-state index in [1.807, 2.05) is 25.1 Å². The lowest BCUT2D eigenvalue weighted by Gasteiger charge is -2.09. The van der Waals surface area contributed by atoms with Gasteiger partial charge in [-0.25, -0.2) is 0 Å². The van der Waals surface area contributed by atoms with E-state index in [1.165, 1.54) is 12.1 Å². The number of nitro benzene ring substituents is 1. The second kappa shape index (κ2) is 6.45. The van der Waals surface area contributed by atoms with E-state index < -0.39 is 4.92 Å². The van der Waals surface area contributed by atoms with Crippen LogP contribution >= 0.6 is 15.9 Å². The first-order valence-corrected chi connectivity index (χ1v) is 8.02. The smallest absolute Gasteiger partial charge is 0.270 e. The average Bonchev–Trinajstić information content (AvgIpc) is 2.93. The fourth-order valence-corrected chi connectivity index (χ4v) is 2.84. The van der Waals surface area contributed by atoms with E-state index in [1.54, 1.807) is 22.9 Å². The van der Waals surface area contributed by atoms with Gasteiger partial charge in [0.15, 0.2) is 0 Å². The molecule has 0 unspecified atom stereocenters. The van der Waals surface area contributed by atoms with Crippen molar-refractivity contribution in [3.05, 3.63) is 68.8 Å². The lowest BCUT2D eigenvalue weighted by Crippen LogP contribution is -2.18. The van der Waals surface area contributed by atoms with E-state index in [4.69, 9.17) is 0 Å². The Balaban J connectivity index is 1.77. The fourth-order valence-electron chi connectivity index (χ4n) is 2.46. The van der Waals surface area contributed by atoms with Crippen LogP contribution in [0, 0.1) is 17.0 Å². The summed E-state index contributed by atoms with van der Waals surface area (Å²) in [5, 5.41) is 14.4. The number of benzene rings is 2. The molecule has 0 spiro atoms. The minimum absolute atomic E-state index is 0.0363. The van der Waals surface area contributed by atoms with Gasteiger partial charge in [-0.2, -0.15) is 0 Å². The van der Waals surface area contributed by atoms with Crippen molar-refractivity contribution in [1.82, 2.24) is 4.57 Å². The Kier molecular flexibility index (Phi) is 4.35. The molecule has 0 fully saturated rings. The molecule has 122 valence electrons. The molecule has 0 aliphatic heterocycles. The maximum Gasteiger partial charge on any atom is 0.270 e. The SMILES string of the molecule is Cc1ccc(NC(=O)Cn2ccc3cc([N+](=O)[O-])ccc32)cc1Br. The summed E-state index contributed by atoms with van der Waals surface area (Å²) in [5.74, 6) is -0.165. The molecule has 1 N–H and O–H groups in total. The molecule has 6 nitrogen and oxygen atoms in total. The van der Waals surface area contributed by atoms with Crippen LogP contribution in [0.3, 0.4) is 0 Å². The van der Waals surface area contributed by atoms with Crippen molar-refractivity contribution in [3.8, 4) is 0 Å². The minimum atomic E-state index is -0.432. The lowest BCUT2D eigenvalue weighted by atomic mass is 10.2. The Bertz CT molecular complexity index is 949. The van der Waals surface area contributed by atoms with Gasteiger partial charge >= 0.3 is 0 Å². The molecule has 3 aromatic rings. The van der Waals surface area contributed by atoms with Gasteiger partial charge in [-0.3, -0.25) is 14.9 Å². The van der Waals surface area contributed by atoms with E-state index >= 15 is 0 Å². The third kappa shape index (κ3) is 3.30. The second-order valence-corrected chi connectivity index (χ2v) is 6.31. The van der Waals surface area contributed by atoms with Crippen molar-refractivity contribution in [2.45, 2.75) is 13.5 Å². The number of rotatable bonds is 4. The van der Waals surface area contributed by atoms with Crippen molar-refractivity contribution in [2.75, 3.05) is 5.32 Å². The normalized spacial score (nSPS) is 10.8. The Hall–Kier alpha value is -2.67. The summed E-state index contributed by atoms with van der Waals surface area (Å²) < 4.78 is 2.69. The minimum Gasteiger partial charge on any atom is -0.338 e. The average molecular weight is 388 g/mol. The first-order chi connectivity index (χ1) is 11.4. The predicted octanol–water partition coefficient (Wildman–Crippen LogP) is 4.26. The number of non-ortho nitro benzene ring substituents is 1. The highest BCUT2D eigenvalue weighted by atomic mass is 79.9. The number of amides is 1. The van der Waals surface area contributed by atoms with Gasteiger partial charge in [-0.1, -0.05) is 22.0 Å². The third-order valence-electron chi connectivity index (χ3n) is 3.73. The molecule has 0 atom stereocenters. The van der Waals surface area contributed by atoms with Gasteiger partial charge in [0.1, 0.15) is 6.54 Å². The number of hydrogen-bond donors (Lipinski definition) is 1. The first-order valence-electron chi connectivity index (χ1n) is 7.23. The van der Waals surface area contributed by atoms with Crippen LogP contribution in [0.5, 0.6) is 0 Å². The van der Waals surface area contributed by atoms with Gasteiger partial charge in [0.05, 0.1) is 4.92 Å². The number of aromatic nitrogens is 1. The predicted molar refractivity (Wildman–Crippen MR) is 96.1 cm³/mol. The maximum absolute atomic E-state index is 12.2. The summed E-state index contributed by atoms with van der Waals surface area (Å²) in [6.07, 6.45) is 1.75. The second-order valence-electron chi connectivity index (χ2n) is 5.46. The third-order valence-corrected chi connectivity index (χ3v) is 4.59. The van der Waals surface area contributed by atoms with Gasteiger partial charge in [-0.05, 0) is 36.8 Å². The standard InChI is InChI=1S/C17H14BrN3O3/c1-11-2-3-13(9-15(11)18)19-17(22)10-20-7-6-12-8-14(21(23)24)4-5-16(12)20/h2-9H,10H2,1H3,(H,19,22). The molecule has 24 heavy (non-hydrogen) atoms. The van der Waals surface area contributed by atoms with Gasteiger partial charge in [0, 0.05) is 39.4 Å². The van der Waals surface area contributed by atoms with E-state index in [-0.39, 0.29) is 18.1 Å². The summed E-state index contributed by atoms with van der Waals surface area (Å²) >= 11 is 3.44. The maximum atomic E-state index is 12.2. The zero-order chi connectivity index (χ0) is 17.3. The van der Waals surface area contributed by atoms with Crippen LogP contribution in [0.1, 0.15) is 5.56 Å². The van der Waals surface area contributed by atoms with Crippen LogP contribution in [-0.4, -0.2) is 15.4 Å². The van der Waals surface area contributed by atoms with Crippen molar-refractivity contribution in [1.29, 1.82) is 0 Å². The first kappa shape index (κ1) is 16.2. The zero-order valence-corrected chi connectivity index (χ0v) is 14.4. The Morgan fingerprint density at radius 2 is 2.04 bits per heavy atom. The number of nitrogens with one attached hydrogen (secondary N) is 1. The van der Waals surface area contributed by atoms with E-state index in [9.17, 15) is 14.9 Å². The molecule has 0 bridgehead atoms. The molecule has 0 radical (unpaired) electrons. The number of fused-ring (bicyclic) bond motifs is 1. The topological polar surface area (TPSA) is 77.2 Å². The van der Waals surface area contributed by atoms with Crippen molar-refractivity contribution in [3.63, 3.8) is 0 Å². The molecule has 0 saturated heterocycles. The van der Waals surface area contributed by atoms with Crippen molar-refractivity contribution >= 4 is 44.1 Å². The summed E-state index contributed by atoms with van der Waals surface area (Å²) in [6.45, 7) is 2.10. The Morgan fingerprint density at radius 1 is 1.25 bits per heavy atom. The van der Waals surface area contributed by atoms with Crippen molar-refractivity contribution in [2.24, 2.45) is 0 Å². The van der Waals surface area contributed by atoms with Crippen LogP contribution in [0.15, 0.2) is 53.1 Å². The molecule has 3 rings (SSSR count). The molecule has 0 aliphatic carbocycles.